The second-order valence-corrected chi connectivity index (χ2v) is 7.44. The number of anilines is 2. The second-order valence-electron chi connectivity index (χ2n) is 5.76. The summed E-state index contributed by atoms with van der Waals surface area (Å²) in [5.41, 5.74) is 0.721. The number of para-hydroxylation sites is 1. The first-order valence-electron chi connectivity index (χ1n) is 8.09. The number of amides is 1. The minimum Gasteiger partial charge on any atom is -0.322 e. The highest BCUT2D eigenvalue weighted by Crippen LogP contribution is 2.19. The Kier molecular flexibility index (Phi) is 5.37. The maximum absolute atomic E-state index is 12.4. The van der Waals surface area contributed by atoms with Crippen molar-refractivity contribution in [2.45, 2.75) is 4.90 Å². The molecule has 0 aliphatic heterocycles. The molecule has 2 N–H and O–H groups in total. The van der Waals surface area contributed by atoms with Crippen LogP contribution in [0.25, 0.3) is 0 Å². The van der Waals surface area contributed by atoms with Gasteiger partial charge < -0.3 is 5.32 Å². The summed E-state index contributed by atoms with van der Waals surface area (Å²) in [7, 11) is -3.76. The van der Waals surface area contributed by atoms with Crippen LogP contribution in [0.2, 0.25) is 0 Å². The topological polar surface area (TPSA) is 118 Å². The van der Waals surface area contributed by atoms with Gasteiger partial charge in [-0.05, 0) is 42.5 Å². The molecule has 0 bridgehead atoms. The molecule has 3 aromatic carbocycles. The van der Waals surface area contributed by atoms with E-state index >= 15 is 0 Å². The maximum atomic E-state index is 12.4. The zero-order valence-electron chi connectivity index (χ0n) is 14.4. The minimum atomic E-state index is -3.76. The SMILES string of the molecule is O=C(Nc1ccc(S(=O)(=O)Nc2ccccc2)cc1)c1cccc([N+](=O)[O-])c1. The predicted octanol–water partition coefficient (Wildman–Crippen LogP) is 3.65. The van der Waals surface area contributed by atoms with Gasteiger partial charge in [-0.3, -0.25) is 19.6 Å². The molecule has 9 heteroatoms. The van der Waals surface area contributed by atoms with Crippen molar-refractivity contribution in [1.82, 2.24) is 0 Å². The molecule has 0 saturated heterocycles. The Labute approximate surface area is 161 Å². The van der Waals surface area contributed by atoms with Crippen LogP contribution in [0.4, 0.5) is 17.1 Å². The van der Waals surface area contributed by atoms with Gasteiger partial charge in [0.2, 0.25) is 0 Å². The molecule has 0 spiro atoms. The first-order valence-corrected chi connectivity index (χ1v) is 9.57. The van der Waals surface area contributed by atoms with Gasteiger partial charge in [-0.2, -0.15) is 0 Å². The summed E-state index contributed by atoms with van der Waals surface area (Å²) in [6.45, 7) is 0. The van der Waals surface area contributed by atoms with Crippen LogP contribution in [0, 0.1) is 10.1 Å². The summed E-state index contributed by atoms with van der Waals surface area (Å²) >= 11 is 0. The maximum Gasteiger partial charge on any atom is 0.270 e. The molecule has 0 aromatic heterocycles. The van der Waals surface area contributed by atoms with Crippen molar-refractivity contribution < 1.29 is 18.1 Å². The first-order chi connectivity index (χ1) is 13.3. The number of sulfonamides is 1. The van der Waals surface area contributed by atoms with E-state index in [-0.39, 0.29) is 16.1 Å². The molecule has 3 aromatic rings. The second kappa shape index (κ2) is 7.89. The molecule has 0 saturated carbocycles. The van der Waals surface area contributed by atoms with E-state index in [9.17, 15) is 23.3 Å². The summed E-state index contributed by atoms with van der Waals surface area (Å²) in [6, 6.07) is 19.4. The Bertz CT molecular complexity index is 1110. The summed E-state index contributed by atoms with van der Waals surface area (Å²) in [4.78, 5) is 22.5. The lowest BCUT2D eigenvalue weighted by molar-refractivity contribution is -0.384. The zero-order valence-corrected chi connectivity index (χ0v) is 15.2. The van der Waals surface area contributed by atoms with E-state index in [1.165, 1.54) is 42.5 Å². The quantitative estimate of drug-likeness (QED) is 0.486. The lowest BCUT2D eigenvalue weighted by Gasteiger charge is -2.09. The van der Waals surface area contributed by atoms with Gasteiger partial charge in [0, 0.05) is 29.1 Å². The van der Waals surface area contributed by atoms with E-state index in [1.54, 1.807) is 30.3 Å². The van der Waals surface area contributed by atoms with Crippen LogP contribution in [0.15, 0.2) is 83.8 Å². The molecule has 8 nitrogen and oxygen atoms in total. The molecule has 0 radical (unpaired) electrons. The van der Waals surface area contributed by atoms with Gasteiger partial charge >= 0.3 is 0 Å². The third-order valence-electron chi connectivity index (χ3n) is 3.77. The van der Waals surface area contributed by atoms with Crippen molar-refractivity contribution in [3.8, 4) is 0 Å². The van der Waals surface area contributed by atoms with E-state index in [0.29, 0.717) is 11.4 Å². The highest BCUT2D eigenvalue weighted by Gasteiger charge is 2.15. The van der Waals surface area contributed by atoms with Gasteiger partial charge in [-0.15, -0.1) is 0 Å². The fourth-order valence-electron chi connectivity index (χ4n) is 2.40. The van der Waals surface area contributed by atoms with Crippen LogP contribution in [-0.4, -0.2) is 19.2 Å². The van der Waals surface area contributed by atoms with Crippen LogP contribution in [0.3, 0.4) is 0 Å². The van der Waals surface area contributed by atoms with Crippen molar-refractivity contribution in [2.24, 2.45) is 0 Å². The number of carbonyl (C=O) groups is 1. The van der Waals surface area contributed by atoms with E-state index < -0.39 is 20.9 Å². The number of nitro groups is 1. The number of carbonyl (C=O) groups excluding carboxylic acids is 1. The Hall–Kier alpha value is -3.72. The number of rotatable bonds is 6. The van der Waals surface area contributed by atoms with Crippen LogP contribution in [-0.2, 0) is 10.0 Å². The fraction of sp³-hybridized carbons (Fsp3) is 0. The molecule has 0 unspecified atom stereocenters. The lowest BCUT2D eigenvalue weighted by atomic mass is 10.2. The average Bonchev–Trinajstić information content (AvgIpc) is 2.69. The molecule has 1 amide bonds. The van der Waals surface area contributed by atoms with Gasteiger partial charge in [0.1, 0.15) is 0 Å². The molecule has 0 fully saturated rings. The normalized spacial score (nSPS) is 10.9. The summed E-state index contributed by atoms with van der Waals surface area (Å²) in [5.74, 6) is -0.540. The fourth-order valence-corrected chi connectivity index (χ4v) is 3.46. The van der Waals surface area contributed by atoms with Crippen LogP contribution < -0.4 is 10.0 Å². The predicted molar refractivity (Wildman–Crippen MR) is 105 cm³/mol. The number of nitrogens with one attached hydrogen (secondary N) is 2. The molecule has 0 aliphatic rings. The number of nitro benzene ring substituents is 1. The zero-order chi connectivity index (χ0) is 20.1. The Balaban J connectivity index is 1.73. The molecular formula is C19H15N3O5S. The van der Waals surface area contributed by atoms with Crippen LogP contribution >= 0.6 is 0 Å². The standard InChI is InChI=1S/C19H15N3O5S/c23-19(14-5-4-8-17(13-14)22(24)25)20-15-9-11-18(12-10-15)28(26,27)21-16-6-2-1-3-7-16/h1-13,21H,(H,20,23). The van der Waals surface area contributed by atoms with Gasteiger partial charge in [0.05, 0.1) is 9.82 Å². The van der Waals surface area contributed by atoms with Crippen molar-refractivity contribution in [3.05, 3.63) is 94.5 Å². The van der Waals surface area contributed by atoms with Crippen LogP contribution in [0.1, 0.15) is 10.4 Å². The number of hydrogen-bond acceptors (Lipinski definition) is 5. The van der Waals surface area contributed by atoms with Gasteiger partial charge in [-0.1, -0.05) is 24.3 Å². The van der Waals surface area contributed by atoms with E-state index in [2.05, 4.69) is 10.0 Å². The number of non-ortho nitro benzene ring substituents is 1. The number of benzene rings is 3. The van der Waals surface area contributed by atoms with Crippen molar-refractivity contribution in [1.29, 1.82) is 0 Å². The Morgan fingerprint density at radius 1 is 0.857 bits per heavy atom. The molecular weight excluding hydrogens is 382 g/mol. The summed E-state index contributed by atoms with van der Waals surface area (Å²) < 4.78 is 27.2. The number of nitrogens with zero attached hydrogens (tertiary/aromatic N) is 1. The van der Waals surface area contributed by atoms with Crippen molar-refractivity contribution in [3.63, 3.8) is 0 Å². The average molecular weight is 397 g/mol. The minimum absolute atomic E-state index is 0.0321. The molecule has 142 valence electrons. The van der Waals surface area contributed by atoms with Gasteiger partial charge in [0.25, 0.3) is 21.6 Å². The monoisotopic (exact) mass is 397 g/mol. The van der Waals surface area contributed by atoms with Crippen molar-refractivity contribution in [2.75, 3.05) is 10.0 Å². The van der Waals surface area contributed by atoms with E-state index in [1.807, 2.05) is 0 Å². The molecule has 0 heterocycles. The van der Waals surface area contributed by atoms with E-state index in [4.69, 9.17) is 0 Å². The number of hydrogen-bond donors (Lipinski definition) is 2. The largest absolute Gasteiger partial charge is 0.322 e. The highest BCUT2D eigenvalue weighted by molar-refractivity contribution is 7.92. The first kappa shape index (κ1) is 19.1. The molecule has 28 heavy (non-hydrogen) atoms. The van der Waals surface area contributed by atoms with Gasteiger partial charge in [0.15, 0.2) is 0 Å². The van der Waals surface area contributed by atoms with E-state index in [0.717, 1.165) is 6.07 Å². The third-order valence-corrected chi connectivity index (χ3v) is 5.16. The van der Waals surface area contributed by atoms with Crippen molar-refractivity contribution >= 4 is 33.0 Å². The summed E-state index contributed by atoms with van der Waals surface area (Å²) in [5, 5.41) is 13.4. The summed E-state index contributed by atoms with van der Waals surface area (Å²) in [6.07, 6.45) is 0. The van der Waals surface area contributed by atoms with Gasteiger partial charge in [-0.25, -0.2) is 8.42 Å². The lowest BCUT2D eigenvalue weighted by Crippen LogP contribution is -2.14. The molecule has 0 atom stereocenters. The van der Waals surface area contributed by atoms with Crippen LogP contribution in [0.5, 0.6) is 0 Å². The molecule has 0 aliphatic carbocycles. The third kappa shape index (κ3) is 4.51. The molecule has 3 rings (SSSR count). The Morgan fingerprint density at radius 2 is 1.54 bits per heavy atom. The Morgan fingerprint density at radius 3 is 2.18 bits per heavy atom. The smallest absolute Gasteiger partial charge is 0.270 e. The highest BCUT2D eigenvalue weighted by atomic mass is 32.2.